The molecule has 0 fully saturated rings. The minimum Gasteiger partial charge on any atom is -0.459 e. The van der Waals surface area contributed by atoms with E-state index < -0.39 is 17.6 Å². The number of benzene rings is 1. The molecule has 0 radical (unpaired) electrons. The number of nitrogens with zero attached hydrogens (tertiary/aromatic N) is 3. The number of nitrogen functional groups attached to an aromatic ring is 1. The summed E-state index contributed by atoms with van der Waals surface area (Å²) in [6, 6.07) is 8.46. The molecule has 0 saturated carbocycles. The number of anilines is 1. The van der Waals surface area contributed by atoms with Crippen molar-refractivity contribution in [1.29, 1.82) is 0 Å². The zero-order chi connectivity index (χ0) is 17.1. The molecule has 124 valence electrons. The number of carbonyl (C=O) groups is 1. The summed E-state index contributed by atoms with van der Waals surface area (Å²) in [7, 11) is 0. The van der Waals surface area contributed by atoms with Crippen molar-refractivity contribution in [2.75, 3.05) is 12.3 Å². The zero-order valence-electron chi connectivity index (χ0n) is 12.5. The third-order valence-corrected chi connectivity index (χ3v) is 3.33. The largest absolute Gasteiger partial charge is 0.459 e. The van der Waals surface area contributed by atoms with Crippen LogP contribution in [0, 0.1) is 0 Å². The molecule has 1 unspecified atom stereocenters. The number of aromatic amines is 1. The summed E-state index contributed by atoms with van der Waals surface area (Å²) >= 11 is 0. The molecule has 1 aromatic carbocycles. The summed E-state index contributed by atoms with van der Waals surface area (Å²) < 4.78 is 6.49. The SMILES string of the molecule is Nc1nc2ncn(CC(O)COC(=O)c3ccccc3)c2c(=O)[nH]1. The van der Waals surface area contributed by atoms with Crippen LogP contribution in [-0.2, 0) is 11.3 Å². The van der Waals surface area contributed by atoms with E-state index in [9.17, 15) is 14.7 Å². The van der Waals surface area contributed by atoms with E-state index in [2.05, 4.69) is 15.0 Å². The van der Waals surface area contributed by atoms with Crippen molar-refractivity contribution < 1.29 is 14.6 Å². The van der Waals surface area contributed by atoms with Crippen LogP contribution in [0.25, 0.3) is 11.2 Å². The molecule has 0 spiro atoms. The fourth-order valence-electron chi connectivity index (χ4n) is 2.25. The van der Waals surface area contributed by atoms with E-state index in [1.165, 1.54) is 10.9 Å². The Bertz CT molecular complexity index is 919. The van der Waals surface area contributed by atoms with Gasteiger partial charge in [-0.3, -0.25) is 9.78 Å². The number of hydrogen-bond acceptors (Lipinski definition) is 7. The summed E-state index contributed by atoms with van der Waals surface area (Å²) in [5.74, 6) is -0.562. The van der Waals surface area contributed by atoms with Gasteiger partial charge in [0.2, 0.25) is 5.95 Å². The number of esters is 1. The molecule has 2 aromatic heterocycles. The highest BCUT2D eigenvalue weighted by Gasteiger charge is 2.15. The predicted octanol–water partition coefficient (Wildman–Crippen LogP) is -0.0803. The maximum atomic E-state index is 11.9. The molecule has 3 rings (SSSR count). The van der Waals surface area contributed by atoms with Gasteiger partial charge in [0.05, 0.1) is 18.4 Å². The fourth-order valence-corrected chi connectivity index (χ4v) is 2.25. The number of aromatic nitrogens is 4. The number of nitrogens with one attached hydrogen (secondary N) is 1. The Hall–Kier alpha value is -3.20. The van der Waals surface area contributed by atoms with Crippen LogP contribution in [0.3, 0.4) is 0 Å². The lowest BCUT2D eigenvalue weighted by atomic mass is 10.2. The molecule has 24 heavy (non-hydrogen) atoms. The molecule has 0 aliphatic carbocycles. The number of aliphatic hydroxyl groups is 1. The van der Waals surface area contributed by atoms with E-state index in [-0.39, 0.29) is 30.3 Å². The molecule has 0 bridgehead atoms. The van der Waals surface area contributed by atoms with Crippen molar-refractivity contribution in [3.63, 3.8) is 0 Å². The first-order chi connectivity index (χ1) is 11.5. The van der Waals surface area contributed by atoms with Crippen LogP contribution in [0.5, 0.6) is 0 Å². The maximum absolute atomic E-state index is 11.9. The molecular formula is C15H15N5O4. The van der Waals surface area contributed by atoms with Crippen LogP contribution in [-0.4, -0.2) is 43.3 Å². The lowest BCUT2D eigenvalue weighted by Gasteiger charge is -2.12. The molecule has 0 saturated heterocycles. The van der Waals surface area contributed by atoms with Gasteiger partial charge in [-0.25, -0.2) is 9.78 Å². The standard InChI is InChI=1S/C15H15N5O4/c16-15-18-12-11(13(22)19-15)20(8-17-12)6-10(21)7-24-14(23)9-4-2-1-3-5-9/h1-5,8,10,21H,6-7H2,(H3,16,18,19,22). The topological polar surface area (TPSA) is 136 Å². The van der Waals surface area contributed by atoms with Gasteiger partial charge in [0.1, 0.15) is 12.7 Å². The highest BCUT2D eigenvalue weighted by atomic mass is 16.5. The summed E-state index contributed by atoms with van der Waals surface area (Å²) in [5.41, 5.74) is 5.77. The van der Waals surface area contributed by atoms with E-state index in [0.717, 1.165) is 0 Å². The Morgan fingerprint density at radius 3 is 2.88 bits per heavy atom. The fraction of sp³-hybridized carbons (Fsp3) is 0.200. The number of aliphatic hydroxyl groups excluding tert-OH is 1. The minimum atomic E-state index is -1.01. The molecule has 4 N–H and O–H groups in total. The van der Waals surface area contributed by atoms with Crippen LogP contribution in [0.4, 0.5) is 5.95 Å². The molecular weight excluding hydrogens is 314 g/mol. The predicted molar refractivity (Wildman–Crippen MR) is 85.3 cm³/mol. The Balaban J connectivity index is 1.66. The normalized spacial score (nSPS) is 12.2. The lowest BCUT2D eigenvalue weighted by molar-refractivity contribution is 0.0220. The number of nitrogens with two attached hydrogens (primary N) is 1. The van der Waals surface area contributed by atoms with E-state index >= 15 is 0 Å². The second-order valence-corrected chi connectivity index (χ2v) is 5.14. The summed E-state index contributed by atoms with van der Waals surface area (Å²) in [4.78, 5) is 34.0. The van der Waals surface area contributed by atoms with Gasteiger partial charge in [0.25, 0.3) is 5.56 Å². The molecule has 0 aliphatic heterocycles. The van der Waals surface area contributed by atoms with Crippen molar-refractivity contribution in [3.8, 4) is 0 Å². The molecule has 0 amide bonds. The van der Waals surface area contributed by atoms with Gasteiger partial charge in [-0.15, -0.1) is 0 Å². The zero-order valence-corrected chi connectivity index (χ0v) is 12.5. The first-order valence-electron chi connectivity index (χ1n) is 7.15. The van der Waals surface area contributed by atoms with Crippen LogP contribution in [0.1, 0.15) is 10.4 Å². The summed E-state index contributed by atoms with van der Waals surface area (Å²) in [5, 5.41) is 10.0. The Labute approximate surface area is 135 Å². The molecule has 1 atom stereocenters. The van der Waals surface area contributed by atoms with Crippen LogP contribution in [0.15, 0.2) is 41.5 Å². The number of ether oxygens (including phenoxy) is 1. The first kappa shape index (κ1) is 15.7. The van der Waals surface area contributed by atoms with E-state index in [4.69, 9.17) is 10.5 Å². The van der Waals surface area contributed by atoms with Gasteiger partial charge in [0, 0.05) is 0 Å². The average molecular weight is 329 g/mol. The summed E-state index contributed by atoms with van der Waals surface area (Å²) in [6.07, 6.45) is 0.362. The smallest absolute Gasteiger partial charge is 0.338 e. The van der Waals surface area contributed by atoms with Gasteiger partial charge in [-0.1, -0.05) is 18.2 Å². The molecule has 9 heteroatoms. The number of H-pyrrole nitrogens is 1. The first-order valence-corrected chi connectivity index (χ1v) is 7.15. The maximum Gasteiger partial charge on any atom is 0.338 e. The van der Waals surface area contributed by atoms with Gasteiger partial charge in [0.15, 0.2) is 11.2 Å². The van der Waals surface area contributed by atoms with Crippen LogP contribution < -0.4 is 11.3 Å². The van der Waals surface area contributed by atoms with Crippen LogP contribution in [0.2, 0.25) is 0 Å². The van der Waals surface area contributed by atoms with Gasteiger partial charge in [-0.05, 0) is 12.1 Å². The van der Waals surface area contributed by atoms with E-state index in [1.54, 1.807) is 30.3 Å². The average Bonchev–Trinajstić information content (AvgIpc) is 2.96. The quantitative estimate of drug-likeness (QED) is 0.557. The van der Waals surface area contributed by atoms with Gasteiger partial charge >= 0.3 is 5.97 Å². The van der Waals surface area contributed by atoms with Gasteiger partial charge < -0.3 is 20.1 Å². The van der Waals surface area contributed by atoms with Crippen molar-refractivity contribution in [1.82, 2.24) is 19.5 Å². The van der Waals surface area contributed by atoms with E-state index in [1.807, 2.05) is 0 Å². The molecule has 2 heterocycles. The monoisotopic (exact) mass is 329 g/mol. The number of imidazole rings is 1. The number of carbonyl (C=O) groups excluding carboxylic acids is 1. The van der Waals surface area contributed by atoms with Crippen molar-refractivity contribution in [2.24, 2.45) is 0 Å². The third-order valence-electron chi connectivity index (χ3n) is 3.33. The third kappa shape index (κ3) is 3.25. The minimum absolute atomic E-state index is 0.0211. The summed E-state index contributed by atoms with van der Waals surface area (Å²) in [6.45, 7) is -0.193. The number of rotatable bonds is 5. The molecule has 9 nitrogen and oxygen atoms in total. The highest BCUT2D eigenvalue weighted by molar-refractivity contribution is 5.89. The van der Waals surface area contributed by atoms with Crippen molar-refractivity contribution in [2.45, 2.75) is 12.6 Å². The Morgan fingerprint density at radius 2 is 2.12 bits per heavy atom. The van der Waals surface area contributed by atoms with E-state index in [0.29, 0.717) is 5.56 Å². The van der Waals surface area contributed by atoms with Crippen molar-refractivity contribution in [3.05, 3.63) is 52.6 Å². The van der Waals surface area contributed by atoms with Crippen molar-refractivity contribution >= 4 is 23.1 Å². The second kappa shape index (κ2) is 6.50. The second-order valence-electron chi connectivity index (χ2n) is 5.14. The van der Waals surface area contributed by atoms with Crippen LogP contribution >= 0.6 is 0 Å². The van der Waals surface area contributed by atoms with Gasteiger partial charge in [-0.2, -0.15) is 4.98 Å². The number of fused-ring (bicyclic) bond motifs is 1. The lowest BCUT2D eigenvalue weighted by Crippen LogP contribution is -2.25. The Kier molecular flexibility index (Phi) is 4.25. The molecule has 0 aliphatic rings. The molecule has 3 aromatic rings. The number of hydrogen-bond donors (Lipinski definition) is 3. The Morgan fingerprint density at radius 1 is 1.38 bits per heavy atom. The highest BCUT2D eigenvalue weighted by Crippen LogP contribution is 2.08.